The number of anilines is 1. The smallest absolute Gasteiger partial charge is 0.308 e. The summed E-state index contributed by atoms with van der Waals surface area (Å²) in [5, 5.41) is 3.95. The molecule has 90 valence electrons. The minimum atomic E-state index is -0.0449. The topological polar surface area (TPSA) is 32.3 Å². The molecule has 2 amide bonds. The van der Waals surface area contributed by atoms with Crippen molar-refractivity contribution >= 4 is 23.5 Å². The Kier molecular flexibility index (Phi) is 4.09. The molecule has 17 heavy (non-hydrogen) atoms. The highest BCUT2D eigenvalue weighted by Gasteiger charge is 2.19. The summed E-state index contributed by atoms with van der Waals surface area (Å²) in [5.41, 5.74) is 0.837. The Hall–Kier alpha value is -1.42. The number of para-hydroxylation sites is 1. The van der Waals surface area contributed by atoms with E-state index in [2.05, 4.69) is 11.4 Å². The second-order valence-corrected chi connectivity index (χ2v) is 4.66. The van der Waals surface area contributed by atoms with Crippen molar-refractivity contribution in [2.75, 3.05) is 18.1 Å². The summed E-state index contributed by atoms with van der Waals surface area (Å²) in [6.45, 7) is 0.797. The largest absolute Gasteiger partial charge is 0.326 e. The molecule has 0 atom stereocenters. The predicted octanol–water partition coefficient (Wildman–Crippen LogP) is 3.52. The number of carbonyl (C=O) groups excluding carboxylic acids is 1. The van der Waals surface area contributed by atoms with E-state index in [1.165, 1.54) is 0 Å². The number of carbonyl (C=O) groups is 1. The number of hydrogen-bond acceptors (Lipinski definition) is 2. The van der Waals surface area contributed by atoms with Crippen LogP contribution in [0.4, 0.5) is 10.5 Å². The van der Waals surface area contributed by atoms with Crippen molar-refractivity contribution in [1.82, 2.24) is 4.90 Å². The van der Waals surface area contributed by atoms with Crippen LogP contribution in [0.1, 0.15) is 12.8 Å². The molecule has 1 aliphatic heterocycles. The molecular weight excluding hydrogens is 232 g/mol. The first-order chi connectivity index (χ1) is 8.31. The Bertz CT molecular complexity index is 417. The van der Waals surface area contributed by atoms with Gasteiger partial charge >= 0.3 is 6.03 Å². The van der Waals surface area contributed by atoms with Crippen molar-refractivity contribution in [3.05, 3.63) is 41.4 Å². The normalized spacial score (nSPS) is 15.4. The van der Waals surface area contributed by atoms with Gasteiger partial charge in [0.25, 0.3) is 0 Å². The predicted molar refractivity (Wildman–Crippen MR) is 73.0 cm³/mol. The summed E-state index contributed by atoms with van der Waals surface area (Å²) >= 11 is 1.62. The molecule has 0 unspecified atom stereocenters. The minimum absolute atomic E-state index is 0.0449. The second-order valence-electron chi connectivity index (χ2n) is 3.84. The molecule has 1 N–H and O–H groups in total. The van der Waals surface area contributed by atoms with Gasteiger partial charge in [0, 0.05) is 12.2 Å². The molecule has 0 fully saturated rings. The van der Waals surface area contributed by atoms with E-state index in [9.17, 15) is 4.79 Å². The lowest BCUT2D eigenvalue weighted by molar-refractivity contribution is 0.225. The maximum atomic E-state index is 12.1. The molecule has 1 aromatic rings. The molecule has 1 aromatic carbocycles. The van der Waals surface area contributed by atoms with E-state index in [1.807, 2.05) is 36.6 Å². The van der Waals surface area contributed by atoms with Crippen molar-refractivity contribution in [2.45, 2.75) is 12.8 Å². The molecule has 0 radical (unpaired) electrons. The first-order valence-corrected chi connectivity index (χ1v) is 6.91. The van der Waals surface area contributed by atoms with Gasteiger partial charge in [-0.2, -0.15) is 0 Å². The molecule has 3 nitrogen and oxygen atoms in total. The van der Waals surface area contributed by atoms with Gasteiger partial charge in [0.05, 0.1) is 5.03 Å². The fourth-order valence-electron chi connectivity index (χ4n) is 1.80. The van der Waals surface area contributed by atoms with Crippen LogP contribution in [0.15, 0.2) is 41.4 Å². The lowest BCUT2D eigenvalue weighted by Crippen LogP contribution is -2.35. The van der Waals surface area contributed by atoms with Crippen molar-refractivity contribution in [3.8, 4) is 0 Å². The first-order valence-electron chi connectivity index (χ1n) is 5.69. The number of nitrogens with one attached hydrogen (secondary N) is 1. The van der Waals surface area contributed by atoms with Gasteiger partial charge in [-0.3, -0.25) is 4.90 Å². The molecule has 2 rings (SSSR count). The van der Waals surface area contributed by atoms with Crippen LogP contribution >= 0.6 is 11.8 Å². The van der Waals surface area contributed by atoms with E-state index in [-0.39, 0.29) is 6.03 Å². The Labute approximate surface area is 106 Å². The SMILES string of the molecule is CSC1=CCCCN1C(=O)Nc1ccccc1. The quantitative estimate of drug-likeness (QED) is 0.868. The van der Waals surface area contributed by atoms with E-state index < -0.39 is 0 Å². The highest BCUT2D eigenvalue weighted by Crippen LogP contribution is 2.24. The van der Waals surface area contributed by atoms with Crippen LogP contribution in [-0.4, -0.2) is 23.7 Å². The molecule has 1 heterocycles. The van der Waals surface area contributed by atoms with Crippen LogP contribution in [0.3, 0.4) is 0 Å². The molecule has 0 saturated carbocycles. The third-order valence-corrected chi connectivity index (χ3v) is 3.46. The maximum Gasteiger partial charge on any atom is 0.326 e. The zero-order valence-electron chi connectivity index (χ0n) is 9.85. The minimum Gasteiger partial charge on any atom is -0.308 e. The van der Waals surface area contributed by atoms with E-state index in [0.29, 0.717) is 0 Å². The van der Waals surface area contributed by atoms with E-state index >= 15 is 0 Å². The van der Waals surface area contributed by atoms with Crippen molar-refractivity contribution in [1.29, 1.82) is 0 Å². The average molecular weight is 248 g/mol. The van der Waals surface area contributed by atoms with Crippen LogP contribution < -0.4 is 5.32 Å². The van der Waals surface area contributed by atoms with Gasteiger partial charge in [-0.25, -0.2) is 4.79 Å². The van der Waals surface area contributed by atoms with Crippen molar-refractivity contribution in [3.63, 3.8) is 0 Å². The molecule has 0 aliphatic carbocycles. The molecule has 0 saturated heterocycles. The Morgan fingerprint density at radius 1 is 1.35 bits per heavy atom. The fourth-order valence-corrected chi connectivity index (χ4v) is 2.48. The van der Waals surface area contributed by atoms with E-state index in [0.717, 1.165) is 30.1 Å². The maximum absolute atomic E-state index is 12.1. The summed E-state index contributed by atoms with van der Waals surface area (Å²) < 4.78 is 0. The highest BCUT2D eigenvalue weighted by molar-refractivity contribution is 8.02. The number of allylic oxidation sites excluding steroid dienone is 1. The third kappa shape index (κ3) is 3.03. The van der Waals surface area contributed by atoms with Gasteiger partial charge < -0.3 is 5.32 Å². The van der Waals surface area contributed by atoms with Gasteiger partial charge in [-0.15, -0.1) is 11.8 Å². The summed E-state index contributed by atoms with van der Waals surface area (Å²) in [7, 11) is 0. The zero-order chi connectivity index (χ0) is 12.1. The van der Waals surface area contributed by atoms with Crippen LogP contribution in [0, 0.1) is 0 Å². The van der Waals surface area contributed by atoms with Crippen LogP contribution in [0.5, 0.6) is 0 Å². The van der Waals surface area contributed by atoms with E-state index in [4.69, 9.17) is 0 Å². The van der Waals surface area contributed by atoms with Crippen LogP contribution in [0.25, 0.3) is 0 Å². The lowest BCUT2D eigenvalue weighted by atomic mass is 10.2. The number of urea groups is 1. The number of amides is 2. The average Bonchev–Trinajstić information content (AvgIpc) is 2.40. The number of hydrogen-bond donors (Lipinski definition) is 1. The summed E-state index contributed by atoms with van der Waals surface area (Å²) in [4.78, 5) is 13.9. The van der Waals surface area contributed by atoms with Crippen LogP contribution in [0.2, 0.25) is 0 Å². The molecule has 4 heteroatoms. The van der Waals surface area contributed by atoms with Gasteiger partial charge in [0.2, 0.25) is 0 Å². The van der Waals surface area contributed by atoms with Gasteiger partial charge in [-0.05, 0) is 31.2 Å². The molecule has 0 bridgehead atoms. The monoisotopic (exact) mass is 248 g/mol. The van der Waals surface area contributed by atoms with Gasteiger partial charge in [-0.1, -0.05) is 24.3 Å². The number of rotatable bonds is 2. The van der Waals surface area contributed by atoms with Gasteiger partial charge in [0.1, 0.15) is 0 Å². The molecule has 0 spiro atoms. The number of nitrogens with zero attached hydrogens (tertiary/aromatic N) is 1. The third-order valence-electron chi connectivity index (χ3n) is 2.65. The summed E-state index contributed by atoms with van der Waals surface area (Å²) in [6.07, 6.45) is 6.22. The molecular formula is C13H16N2OS. The highest BCUT2D eigenvalue weighted by atomic mass is 32.2. The number of benzene rings is 1. The Morgan fingerprint density at radius 2 is 2.12 bits per heavy atom. The summed E-state index contributed by atoms with van der Waals surface area (Å²) in [6, 6.07) is 9.50. The van der Waals surface area contributed by atoms with Crippen LogP contribution in [-0.2, 0) is 0 Å². The van der Waals surface area contributed by atoms with Crippen molar-refractivity contribution < 1.29 is 4.79 Å². The van der Waals surface area contributed by atoms with Gasteiger partial charge in [0.15, 0.2) is 0 Å². The Balaban J connectivity index is 2.05. The lowest BCUT2D eigenvalue weighted by Gasteiger charge is -2.27. The zero-order valence-corrected chi connectivity index (χ0v) is 10.7. The van der Waals surface area contributed by atoms with E-state index in [1.54, 1.807) is 16.7 Å². The molecule has 0 aromatic heterocycles. The fraction of sp³-hybridized carbons (Fsp3) is 0.308. The first kappa shape index (κ1) is 12.0. The summed E-state index contributed by atoms with van der Waals surface area (Å²) in [5.74, 6) is 0. The second kappa shape index (κ2) is 5.77. The van der Waals surface area contributed by atoms with Crippen molar-refractivity contribution in [2.24, 2.45) is 0 Å². The standard InChI is InChI=1S/C13H16N2OS/c1-17-12-9-5-6-10-15(12)13(16)14-11-7-3-2-4-8-11/h2-4,7-9H,5-6,10H2,1H3,(H,14,16). The number of thioether (sulfide) groups is 1. The molecule has 1 aliphatic rings. The Morgan fingerprint density at radius 3 is 2.82 bits per heavy atom.